The van der Waals surface area contributed by atoms with Crippen molar-refractivity contribution in [3.8, 4) is 0 Å². The van der Waals surface area contributed by atoms with E-state index >= 15 is 0 Å². The molecule has 0 bridgehead atoms. The van der Waals surface area contributed by atoms with Crippen molar-refractivity contribution in [1.29, 1.82) is 0 Å². The van der Waals surface area contributed by atoms with Crippen LogP contribution in [0.25, 0.3) is 0 Å². The fourth-order valence-corrected chi connectivity index (χ4v) is 1.57. The van der Waals surface area contributed by atoms with Gasteiger partial charge in [0.2, 0.25) is 0 Å². The molecular weight excluding hydrogens is 168 g/mol. The molecule has 1 saturated heterocycles. The molecule has 1 N–H and O–H groups in total. The van der Waals surface area contributed by atoms with Gasteiger partial charge < -0.3 is 14.6 Å². The zero-order valence-electron chi connectivity index (χ0n) is 8.58. The highest BCUT2D eigenvalue weighted by molar-refractivity contribution is 4.84. The maximum atomic E-state index is 10.0. The minimum absolute atomic E-state index is 0.240. The lowest BCUT2D eigenvalue weighted by atomic mass is 9.89. The molecule has 0 radical (unpaired) electrons. The Morgan fingerprint density at radius 2 is 2.38 bits per heavy atom. The second-order valence-corrected chi connectivity index (χ2v) is 3.97. The molecule has 0 aliphatic carbocycles. The lowest BCUT2D eigenvalue weighted by Crippen LogP contribution is -2.39. The number of ether oxygens (including phenoxy) is 2. The molecule has 1 rings (SSSR count). The van der Waals surface area contributed by atoms with Gasteiger partial charge in [0, 0.05) is 19.1 Å². The summed E-state index contributed by atoms with van der Waals surface area (Å²) in [5, 5.41) is 10.0. The molecule has 0 saturated carbocycles. The predicted molar refractivity (Wildman–Crippen MR) is 50.7 cm³/mol. The summed E-state index contributed by atoms with van der Waals surface area (Å²) in [5.74, 6) is 0.240. The molecule has 2 atom stereocenters. The van der Waals surface area contributed by atoms with Crippen LogP contribution >= 0.6 is 0 Å². The zero-order chi connectivity index (χ0) is 9.73. The van der Waals surface area contributed by atoms with Crippen LogP contribution in [0.5, 0.6) is 0 Å². The van der Waals surface area contributed by atoms with E-state index in [0.29, 0.717) is 13.2 Å². The highest BCUT2D eigenvalue weighted by Gasteiger charge is 2.34. The van der Waals surface area contributed by atoms with Gasteiger partial charge in [-0.05, 0) is 19.8 Å². The Balaban J connectivity index is 2.26. The van der Waals surface area contributed by atoms with Gasteiger partial charge in [0.25, 0.3) is 0 Å². The Kier molecular flexibility index (Phi) is 4.16. The van der Waals surface area contributed by atoms with Crippen molar-refractivity contribution in [2.75, 3.05) is 26.4 Å². The highest BCUT2D eigenvalue weighted by Crippen LogP contribution is 2.25. The third-order valence-corrected chi connectivity index (χ3v) is 2.55. The molecule has 2 unspecified atom stereocenters. The summed E-state index contributed by atoms with van der Waals surface area (Å²) in [6, 6.07) is 0. The SMILES string of the molecule is CCCOCC(C)(O)C1CCOC1. The van der Waals surface area contributed by atoms with E-state index in [-0.39, 0.29) is 5.92 Å². The fraction of sp³-hybridized carbons (Fsp3) is 1.00. The van der Waals surface area contributed by atoms with E-state index in [1.807, 2.05) is 6.92 Å². The molecule has 13 heavy (non-hydrogen) atoms. The number of hydrogen-bond donors (Lipinski definition) is 1. The summed E-state index contributed by atoms with van der Waals surface area (Å²) < 4.78 is 10.6. The van der Waals surface area contributed by atoms with Gasteiger partial charge in [0.05, 0.1) is 18.8 Å². The summed E-state index contributed by atoms with van der Waals surface area (Å²) in [7, 11) is 0. The largest absolute Gasteiger partial charge is 0.387 e. The first-order valence-electron chi connectivity index (χ1n) is 5.04. The normalized spacial score (nSPS) is 27.5. The van der Waals surface area contributed by atoms with Crippen LogP contribution in [0.1, 0.15) is 26.7 Å². The molecule has 0 aromatic carbocycles. The van der Waals surface area contributed by atoms with Gasteiger partial charge in [-0.3, -0.25) is 0 Å². The Morgan fingerprint density at radius 3 is 2.92 bits per heavy atom. The van der Waals surface area contributed by atoms with E-state index < -0.39 is 5.60 Å². The summed E-state index contributed by atoms with van der Waals surface area (Å²) in [4.78, 5) is 0. The van der Waals surface area contributed by atoms with Crippen LogP contribution in [0, 0.1) is 5.92 Å². The average Bonchev–Trinajstić information content (AvgIpc) is 2.56. The standard InChI is InChI=1S/C10H20O3/c1-3-5-13-8-10(2,11)9-4-6-12-7-9/h9,11H,3-8H2,1-2H3. The monoisotopic (exact) mass is 188 g/mol. The third kappa shape index (κ3) is 3.25. The van der Waals surface area contributed by atoms with Gasteiger partial charge in [-0.25, -0.2) is 0 Å². The van der Waals surface area contributed by atoms with Crippen molar-refractivity contribution in [3.05, 3.63) is 0 Å². The van der Waals surface area contributed by atoms with Crippen molar-refractivity contribution < 1.29 is 14.6 Å². The van der Waals surface area contributed by atoms with E-state index in [1.54, 1.807) is 0 Å². The van der Waals surface area contributed by atoms with Crippen LogP contribution < -0.4 is 0 Å². The van der Waals surface area contributed by atoms with E-state index in [0.717, 1.165) is 26.1 Å². The topological polar surface area (TPSA) is 38.7 Å². The summed E-state index contributed by atoms with van der Waals surface area (Å²) in [5.41, 5.74) is -0.717. The van der Waals surface area contributed by atoms with Gasteiger partial charge in [-0.1, -0.05) is 6.92 Å². The molecule has 1 aliphatic rings. The summed E-state index contributed by atoms with van der Waals surface area (Å²) in [6.45, 7) is 6.49. The first-order chi connectivity index (χ1) is 6.17. The molecule has 0 aromatic heterocycles. The van der Waals surface area contributed by atoms with Crippen LogP contribution in [-0.4, -0.2) is 37.1 Å². The van der Waals surface area contributed by atoms with Gasteiger partial charge >= 0.3 is 0 Å². The van der Waals surface area contributed by atoms with Gasteiger partial charge in [-0.2, -0.15) is 0 Å². The Hall–Kier alpha value is -0.120. The van der Waals surface area contributed by atoms with Crippen LogP contribution in [-0.2, 0) is 9.47 Å². The molecule has 78 valence electrons. The predicted octanol–water partition coefficient (Wildman–Crippen LogP) is 1.20. The first-order valence-corrected chi connectivity index (χ1v) is 5.04. The molecule has 1 fully saturated rings. The van der Waals surface area contributed by atoms with E-state index in [2.05, 4.69) is 6.92 Å². The second kappa shape index (κ2) is 4.94. The Morgan fingerprint density at radius 1 is 1.62 bits per heavy atom. The van der Waals surface area contributed by atoms with Crippen molar-refractivity contribution in [2.45, 2.75) is 32.3 Å². The molecule has 1 aliphatic heterocycles. The maximum absolute atomic E-state index is 10.0. The number of aliphatic hydroxyl groups is 1. The maximum Gasteiger partial charge on any atom is 0.0902 e. The van der Waals surface area contributed by atoms with E-state index in [1.165, 1.54) is 0 Å². The van der Waals surface area contributed by atoms with Crippen LogP contribution in [0.15, 0.2) is 0 Å². The molecule has 0 spiro atoms. The first kappa shape index (κ1) is 11.0. The lowest BCUT2D eigenvalue weighted by molar-refractivity contribution is -0.0727. The quantitative estimate of drug-likeness (QED) is 0.659. The molecule has 1 heterocycles. The Bertz CT molecular complexity index is 139. The van der Waals surface area contributed by atoms with Gasteiger partial charge in [0.15, 0.2) is 0 Å². The Labute approximate surface area is 80.0 Å². The van der Waals surface area contributed by atoms with Gasteiger partial charge in [-0.15, -0.1) is 0 Å². The lowest BCUT2D eigenvalue weighted by Gasteiger charge is -2.28. The summed E-state index contributed by atoms with van der Waals surface area (Å²) in [6.07, 6.45) is 1.94. The molecular formula is C10H20O3. The van der Waals surface area contributed by atoms with Crippen molar-refractivity contribution >= 4 is 0 Å². The fourth-order valence-electron chi connectivity index (χ4n) is 1.57. The number of hydrogen-bond acceptors (Lipinski definition) is 3. The third-order valence-electron chi connectivity index (χ3n) is 2.55. The molecule has 3 heteroatoms. The van der Waals surface area contributed by atoms with Crippen LogP contribution in [0.4, 0.5) is 0 Å². The van der Waals surface area contributed by atoms with Crippen molar-refractivity contribution in [3.63, 3.8) is 0 Å². The average molecular weight is 188 g/mol. The van der Waals surface area contributed by atoms with E-state index in [9.17, 15) is 5.11 Å². The van der Waals surface area contributed by atoms with Crippen molar-refractivity contribution in [2.24, 2.45) is 5.92 Å². The summed E-state index contributed by atoms with van der Waals surface area (Å²) >= 11 is 0. The minimum Gasteiger partial charge on any atom is -0.387 e. The molecule has 0 amide bonds. The molecule has 0 aromatic rings. The number of rotatable bonds is 5. The van der Waals surface area contributed by atoms with E-state index in [4.69, 9.17) is 9.47 Å². The van der Waals surface area contributed by atoms with Gasteiger partial charge in [0.1, 0.15) is 0 Å². The second-order valence-electron chi connectivity index (χ2n) is 3.97. The minimum atomic E-state index is -0.717. The smallest absolute Gasteiger partial charge is 0.0902 e. The van der Waals surface area contributed by atoms with Crippen molar-refractivity contribution in [1.82, 2.24) is 0 Å². The zero-order valence-corrected chi connectivity index (χ0v) is 8.58. The molecule has 3 nitrogen and oxygen atoms in total. The van der Waals surface area contributed by atoms with Crippen LogP contribution in [0.2, 0.25) is 0 Å². The van der Waals surface area contributed by atoms with Crippen LogP contribution in [0.3, 0.4) is 0 Å². The highest BCUT2D eigenvalue weighted by atomic mass is 16.5.